The van der Waals surface area contributed by atoms with Crippen molar-refractivity contribution in [2.75, 3.05) is 0 Å². The van der Waals surface area contributed by atoms with Crippen LogP contribution in [0.3, 0.4) is 0 Å². The van der Waals surface area contributed by atoms with Gasteiger partial charge in [-0.3, -0.25) is 9.59 Å². The molecule has 144 valence electrons. The van der Waals surface area contributed by atoms with Gasteiger partial charge >= 0.3 is 12.1 Å². The van der Waals surface area contributed by atoms with Crippen LogP contribution < -0.4 is 5.32 Å². The van der Waals surface area contributed by atoms with Crippen LogP contribution >= 0.6 is 0 Å². The molecule has 1 aromatic carbocycles. The predicted molar refractivity (Wildman–Crippen MR) is 93.5 cm³/mol. The summed E-state index contributed by atoms with van der Waals surface area (Å²) in [5.41, 5.74) is -0.177. The second kappa shape index (κ2) is 7.02. The Morgan fingerprint density at radius 1 is 1.07 bits per heavy atom. The SMILES string of the molecule is CC(C)(C)OC(=O)N[C@@H]1CC[C@H](C(=O)ON2C(=O)c3ccccc3C2=O)C1. The molecule has 27 heavy (non-hydrogen) atoms. The summed E-state index contributed by atoms with van der Waals surface area (Å²) in [5, 5.41) is 3.24. The third-order valence-corrected chi connectivity index (χ3v) is 4.42. The molecule has 0 aromatic heterocycles. The van der Waals surface area contributed by atoms with E-state index in [1.165, 1.54) is 12.1 Å². The lowest BCUT2D eigenvalue weighted by Gasteiger charge is -2.21. The summed E-state index contributed by atoms with van der Waals surface area (Å²) in [6, 6.07) is 6.08. The quantitative estimate of drug-likeness (QED) is 0.816. The zero-order chi connectivity index (χ0) is 19.8. The van der Waals surface area contributed by atoms with Gasteiger partial charge in [0.15, 0.2) is 0 Å². The minimum Gasteiger partial charge on any atom is -0.444 e. The summed E-state index contributed by atoms with van der Waals surface area (Å²) in [6.07, 6.45) is 0.895. The number of fused-ring (bicyclic) bond motifs is 1. The molecule has 1 fully saturated rings. The number of rotatable bonds is 3. The molecule has 0 bridgehead atoms. The van der Waals surface area contributed by atoms with Crippen molar-refractivity contribution in [1.82, 2.24) is 10.4 Å². The van der Waals surface area contributed by atoms with Crippen molar-refractivity contribution in [1.29, 1.82) is 0 Å². The lowest BCUT2D eigenvalue weighted by molar-refractivity contribution is -0.173. The number of ether oxygens (including phenoxy) is 1. The number of carbonyl (C=O) groups excluding carboxylic acids is 4. The number of alkyl carbamates (subject to hydrolysis) is 1. The highest BCUT2D eigenvalue weighted by Crippen LogP contribution is 2.29. The molecule has 2 aliphatic rings. The number of nitrogens with zero attached hydrogens (tertiary/aromatic N) is 1. The standard InChI is InChI=1S/C19H22N2O6/c1-19(2,3)26-18(25)20-12-9-8-11(10-12)17(24)27-21-15(22)13-6-4-5-7-14(13)16(21)23/h4-7,11-12H,8-10H2,1-3H3,(H,20,25)/t11-,12+/m0/s1. The van der Waals surface area contributed by atoms with E-state index in [4.69, 9.17) is 9.57 Å². The fourth-order valence-corrected chi connectivity index (χ4v) is 3.22. The molecular formula is C19H22N2O6. The van der Waals surface area contributed by atoms with E-state index in [2.05, 4.69) is 5.32 Å². The summed E-state index contributed by atoms with van der Waals surface area (Å²) in [6.45, 7) is 5.30. The molecule has 1 aromatic rings. The molecule has 1 heterocycles. The van der Waals surface area contributed by atoms with E-state index in [1.54, 1.807) is 32.9 Å². The van der Waals surface area contributed by atoms with Crippen LogP contribution in [-0.2, 0) is 14.4 Å². The Hall–Kier alpha value is -2.90. The second-order valence-corrected chi connectivity index (χ2v) is 7.71. The van der Waals surface area contributed by atoms with Gasteiger partial charge in [-0.15, -0.1) is 0 Å². The average Bonchev–Trinajstić information content (AvgIpc) is 3.13. The first-order valence-electron chi connectivity index (χ1n) is 8.85. The molecule has 2 atom stereocenters. The van der Waals surface area contributed by atoms with Gasteiger partial charge in [0.25, 0.3) is 11.8 Å². The lowest BCUT2D eigenvalue weighted by Crippen LogP contribution is -2.38. The van der Waals surface area contributed by atoms with Gasteiger partial charge in [0, 0.05) is 6.04 Å². The van der Waals surface area contributed by atoms with Crippen molar-refractivity contribution in [3.8, 4) is 0 Å². The molecule has 1 saturated carbocycles. The van der Waals surface area contributed by atoms with E-state index in [-0.39, 0.29) is 17.2 Å². The number of imide groups is 1. The zero-order valence-corrected chi connectivity index (χ0v) is 15.5. The van der Waals surface area contributed by atoms with Crippen LogP contribution in [0.1, 0.15) is 60.7 Å². The van der Waals surface area contributed by atoms with Crippen molar-refractivity contribution < 1.29 is 28.8 Å². The van der Waals surface area contributed by atoms with E-state index < -0.39 is 35.4 Å². The number of hydroxylamine groups is 2. The Bertz CT molecular complexity index is 763. The summed E-state index contributed by atoms with van der Waals surface area (Å²) >= 11 is 0. The Labute approximate surface area is 156 Å². The molecule has 1 N–H and O–H groups in total. The van der Waals surface area contributed by atoms with Crippen LogP contribution in [0, 0.1) is 5.92 Å². The number of benzene rings is 1. The summed E-state index contributed by atoms with van der Waals surface area (Å²) in [4.78, 5) is 53.8. The maximum atomic E-state index is 12.4. The van der Waals surface area contributed by atoms with E-state index in [1.807, 2.05) is 0 Å². The molecule has 0 spiro atoms. The molecular weight excluding hydrogens is 352 g/mol. The second-order valence-electron chi connectivity index (χ2n) is 7.71. The molecule has 8 nitrogen and oxygen atoms in total. The first-order chi connectivity index (χ1) is 12.7. The van der Waals surface area contributed by atoms with Crippen LogP contribution in [0.5, 0.6) is 0 Å². The van der Waals surface area contributed by atoms with Crippen molar-refractivity contribution >= 4 is 23.9 Å². The number of hydrogen-bond donors (Lipinski definition) is 1. The smallest absolute Gasteiger partial charge is 0.407 e. The molecule has 0 saturated heterocycles. The van der Waals surface area contributed by atoms with Gasteiger partial charge in [-0.1, -0.05) is 17.2 Å². The van der Waals surface area contributed by atoms with Crippen LogP contribution in [0.25, 0.3) is 0 Å². The summed E-state index contributed by atoms with van der Waals surface area (Å²) in [5.74, 6) is -2.46. The highest BCUT2D eigenvalue weighted by molar-refractivity contribution is 6.20. The maximum absolute atomic E-state index is 12.4. The van der Waals surface area contributed by atoms with E-state index in [0.717, 1.165) is 0 Å². The molecule has 3 amide bonds. The Kier molecular flexibility index (Phi) is 4.91. The lowest BCUT2D eigenvalue weighted by atomic mass is 10.1. The first-order valence-corrected chi connectivity index (χ1v) is 8.85. The molecule has 1 aliphatic carbocycles. The van der Waals surface area contributed by atoms with Gasteiger partial charge < -0.3 is 14.9 Å². The first kappa shape index (κ1) is 18.9. The van der Waals surface area contributed by atoms with Crippen LogP contribution in [0.15, 0.2) is 24.3 Å². The molecule has 0 radical (unpaired) electrons. The fourth-order valence-electron chi connectivity index (χ4n) is 3.22. The highest BCUT2D eigenvalue weighted by Gasteiger charge is 2.41. The van der Waals surface area contributed by atoms with Crippen molar-refractivity contribution in [3.05, 3.63) is 35.4 Å². The summed E-state index contributed by atoms with van der Waals surface area (Å²) in [7, 11) is 0. The molecule has 8 heteroatoms. The minimum atomic E-state index is -0.655. The number of amides is 3. The Balaban J connectivity index is 1.55. The Morgan fingerprint density at radius 3 is 2.22 bits per heavy atom. The van der Waals surface area contributed by atoms with Crippen molar-refractivity contribution in [2.45, 2.75) is 51.7 Å². The third kappa shape index (κ3) is 4.10. The van der Waals surface area contributed by atoms with Gasteiger partial charge in [0.1, 0.15) is 5.60 Å². The normalized spacial score (nSPS) is 21.8. The molecule has 1 aliphatic heterocycles. The van der Waals surface area contributed by atoms with E-state index in [0.29, 0.717) is 24.3 Å². The number of carbonyl (C=O) groups is 4. The van der Waals surface area contributed by atoms with Gasteiger partial charge in [-0.2, -0.15) is 0 Å². The van der Waals surface area contributed by atoms with Gasteiger partial charge in [0.2, 0.25) is 0 Å². The predicted octanol–water partition coefficient (Wildman–Crippen LogP) is 2.43. The monoisotopic (exact) mass is 374 g/mol. The summed E-state index contributed by atoms with van der Waals surface area (Å²) < 4.78 is 5.20. The fraction of sp³-hybridized carbons (Fsp3) is 0.474. The average molecular weight is 374 g/mol. The largest absolute Gasteiger partial charge is 0.444 e. The minimum absolute atomic E-state index is 0.214. The van der Waals surface area contributed by atoms with Crippen LogP contribution in [0.2, 0.25) is 0 Å². The molecule has 0 unspecified atom stereocenters. The van der Waals surface area contributed by atoms with Gasteiger partial charge in [-0.05, 0) is 52.2 Å². The highest BCUT2D eigenvalue weighted by atomic mass is 16.7. The van der Waals surface area contributed by atoms with Crippen molar-refractivity contribution in [3.63, 3.8) is 0 Å². The van der Waals surface area contributed by atoms with Crippen LogP contribution in [-0.4, -0.2) is 40.6 Å². The van der Waals surface area contributed by atoms with Crippen LogP contribution in [0.4, 0.5) is 4.79 Å². The van der Waals surface area contributed by atoms with Gasteiger partial charge in [0.05, 0.1) is 17.0 Å². The Morgan fingerprint density at radius 2 is 1.67 bits per heavy atom. The van der Waals surface area contributed by atoms with Crippen molar-refractivity contribution in [2.24, 2.45) is 5.92 Å². The topological polar surface area (TPSA) is 102 Å². The van der Waals surface area contributed by atoms with E-state index in [9.17, 15) is 19.2 Å². The third-order valence-electron chi connectivity index (χ3n) is 4.42. The zero-order valence-electron chi connectivity index (χ0n) is 15.5. The van der Waals surface area contributed by atoms with E-state index >= 15 is 0 Å². The number of hydrogen-bond acceptors (Lipinski definition) is 6. The molecule has 3 rings (SSSR count). The van der Waals surface area contributed by atoms with Gasteiger partial charge in [-0.25, -0.2) is 9.59 Å². The maximum Gasteiger partial charge on any atom is 0.407 e. The number of nitrogens with one attached hydrogen (secondary N) is 1.